The number of nitrogen functional groups attached to an aromatic ring is 1. The summed E-state index contributed by atoms with van der Waals surface area (Å²) in [4.78, 5) is 16.3. The van der Waals surface area contributed by atoms with E-state index in [1.807, 2.05) is 25.1 Å². The molecule has 0 fully saturated rings. The van der Waals surface area contributed by atoms with E-state index in [1.165, 1.54) is 0 Å². The van der Waals surface area contributed by atoms with Gasteiger partial charge >= 0.3 is 0 Å². The summed E-state index contributed by atoms with van der Waals surface area (Å²) in [7, 11) is 0. The van der Waals surface area contributed by atoms with Crippen LogP contribution in [0.1, 0.15) is 21.7 Å². The van der Waals surface area contributed by atoms with Gasteiger partial charge in [-0.05, 0) is 36.8 Å². The summed E-state index contributed by atoms with van der Waals surface area (Å²) in [6.45, 7) is 2.23. The first-order valence-corrected chi connectivity index (χ1v) is 7.54. The Morgan fingerprint density at radius 2 is 2.09 bits per heavy atom. The molecule has 0 saturated carbocycles. The minimum atomic E-state index is -0.492. The van der Waals surface area contributed by atoms with Crippen LogP contribution in [0.3, 0.4) is 0 Å². The zero-order chi connectivity index (χ0) is 16.6. The van der Waals surface area contributed by atoms with Gasteiger partial charge in [-0.15, -0.1) is 0 Å². The van der Waals surface area contributed by atoms with Crippen LogP contribution in [-0.4, -0.2) is 20.7 Å². The molecule has 0 radical (unpaired) electrons. The molecular weight excluding hydrogens is 337 g/mol. The van der Waals surface area contributed by atoms with Crippen molar-refractivity contribution in [2.24, 2.45) is 5.84 Å². The van der Waals surface area contributed by atoms with E-state index in [2.05, 4.69) is 15.5 Å². The summed E-state index contributed by atoms with van der Waals surface area (Å²) < 4.78 is 1.67. The molecule has 2 heterocycles. The van der Waals surface area contributed by atoms with E-state index in [1.54, 1.807) is 16.8 Å². The molecule has 2 aromatic heterocycles. The van der Waals surface area contributed by atoms with Gasteiger partial charge < -0.3 is 0 Å². The third kappa shape index (κ3) is 3.01. The predicted octanol–water partition coefficient (Wildman–Crippen LogP) is 2.70. The number of halogens is 2. The summed E-state index contributed by atoms with van der Waals surface area (Å²) in [5.74, 6) is 4.73. The van der Waals surface area contributed by atoms with Crippen molar-refractivity contribution >= 4 is 40.1 Å². The normalized spacial score (nSPS) is 11.0. The van der Waals surface area contributed by atoms with E-state index in [4.69, 9.17) is 29.0 Å². The van der Waals surface area contributed by atoms with Gasteiger partial charge in [0.05, 0.1) is 12.1 Å². The number of aromatic nitrogens is 3. The maximum Gasteiger partial charge on any atom is 0.287 e. The summed E-state index contributed by atoms with van der Waals surface area (Å²) in [6.07, 6.45) is 0. The highest BCUT2D eigenvalue weighted by molar-refractivity contribution is 6.35. The topological polar surface area (TPSA) is 85.8 Å². The molecule has 0 unspecified atom stereocenters. The Labute approximate surface area is 142 Å². The molecule has 1 amide bonds. The second kappa shape index (κ2) is 6.16. The Hall–Kier alpha value is -2.15. The smallest absolute Gasteiger partial charge is 0.287 e. The molecule has 3 N–H and O–H groups in total. The Bertz CT molecular complexity index is 906. The molecule has 1 aromatic carbocycles. The quantitative estimate of drug-likeness (QED) is 0.432. The number of fused-ring (bicyclic) bond motifs is 1. The van der Waals surface area contributed by atoms with Gasteiger partial charge in [0.15, 0.2) is 5.69 Å². The fourth-order valence-electron chi connectivity index (χ4n) is 2.31. The van der Waals surface area contributed by atoms with Crippen LogP contribution in [0.25, 0.3) is 11.0 Å². The van der Waals surface area contributed by atoms with Crippen LogP contribution in [0, 0.1) is 6.92 Å². The number of amides is 1. The minimum Gasteiger partial charge on any atom is -0.289 e. The van der Waals surface area contributed by atoms with E-state index < -0.39 is 5.91 Å². The average Bonchev–Trinajstić information content (AvgIpc) is 2.87. The number of rotatable bonds is 3. The number of nitrogens with two attached hydrogens (primary N) is 1. The zero-order valence-electron chi connectivity index (χ0n) is 12.2. The summed E-state index contributed by atoms with van der Waals surface area (Å²) in [5.41, 5.74) is 5.11. The number of hydrogen-bond acceptors (Lipinski definition) is 4. The molecule has 6 nitrogen and oxygen atoms in total. The van der Waals surface area contributed by atoms with Crippen molar-refractivity contribution in [3.05, 3.63) is 57.3 Å². The van der Waals surface area contributed by atoms with E-state index in [-0.39, 0.29) is 5.69 Å². The highest BCUT2D eigenvalue weighted by Crippen LogP contribution is 2.24. The maximum atomic E-state index is 11.9. The lowest BCUT2D eigenvalue weighted by molar-refractivity contribution is 0.0949. The number of pyridine rings is 1. The number of aryl methyl sites for hydroxylation is 1. The number of benzene rings is 1. The maximum absolute atomic E-state index is 11.9. The number of hydrazine groups is 1. The number of carbonyl (C=O) groups is 1. The third-order valence-corrected chi connectivity index (χ3v) is 4.00. The molecule has 0 aliphatic carbocycles. The summed E-state index contributed by atoms with van der Waals surface area (Å²) >= 11 is 12.1. The minimum absolute atomic E-state index is 0.177. The molecule has 23 heavy (non-hydrogen) atoms. The van der Waals surface area contributed by atoms with Crippen LogP contribution >= 0.6 is 23.2 Å². The van der Waals surface area contributed by atoms with E-state index >= 15 is 0 Å². The van der Waals surface area contributed by atoms with Crippen molar-refractivity contribution in [2.75, 3.05) is 0 Å². The Morgan fingerprint density at radius 3 is 2.78 bits per heavy atom. The van der Waals surface area contributed by atoms with Crippen LogP contribution in [0.2, 0.25) is 10.0 Å². The van der Waals surface area contributed by atoms with Crippen LogP contribution in [-0.2, 0) is 6.54 Å². The van der Waals surface area contributed by atoms with Gasteiger partial charge in [0.25, 0.3) is 5.91 Å². The van der Waals surface area contributed by atoms with Gasteiger partial charge in [0, 0.05) is 15.7 Å². The van der Waals surface area contributed by atoms with Gasteiger partial charge in [0.2, 0.25) is 0 Å². The van der Waals surface area contributed by atoms with Gasteiger partial charge in [-0.3, -0.25) is 14.9 Å². The number of nitrogens with one attached hydrogen (secondary N) is 1. The van der Waals surface area contributed by atoms with Crippen LogP contribution in [0.4, 0.5) is 0 Å². The SMILES string of the molecule is Cc1ccc2c(n1)c(C(=O)NN)nn2Cc1ccc(Cl)cc1Cl. The first-order valence-electron chi connectivity index (χ1n) is 6.78. The summed E-state index contributed by atoms with van der Waals surface area (Å²) in [6, 6.07) is 8.96. The molecular formula is C15H13Cl2N5O. The van der Waals surface area contributed by atoms with Gasteiger partial charge in [-0.25, -0.2) is 10.8 Å². The van der Waals surface area contributed by atoms with Crippen molar-refractivity contribution in [3.63, 3.8) is 0 Å². The van der Waals surface area contributed by atoms with Gasteiger partial charge in [-0.2, -0.15) is 5.10 Å². The molecule has 118 valence electrons. The van der Waals surface area contributed by atoms with E-state index in [0.29, 0.717) is 22.1 Å². The molecule has 0 spiro atoms. The molecule has 0 aliphatic rings. The monoisotopic (exact) mass is 349 g/mol. The molecule has 8 heteroatoms. The largest absolute Gasteiger partial charge is 0.289 e. The number of carbonyl (C=O) groups excluding carboxylic acids is 1. The number of nitrogens with zero attached hydrogens (tertiary/aromatic N) is 3. The Morgan fingerprint density at radius 1 is 1.30 bits per heavy atom. The summed E-state index contributed by atoms with van der Waals surface area (Å²) in [5, 5.41) is 5.42. The van der Waals surface area contributed by atoms with Crippen molar-refractivity contribution in [1.29, 1.82) is 0 Å². The van der Waals surface area contributed by atoms with Crippen molar-refractivity contribution in [2.45, 2.75) is 13.5 Å². The molecule has 0 bridgehead atoms. The first kappa shape index (κ1) is 15.7. The zero-order valence-corrected chi connectivity index (χ0v) is 13.7. The second-order valence-corrected chi connectivity index (χ2v) is 5.88. The Kier molecular flexibility index (Phi) is 4.21. The number of hydrogen-bond donors (Lipinski definition) is 2. The first-order chi connectivity index (χ1) is 11.0. The molecule has 0 atom stereocenters. The van der Waals surface area contributed by atoms with Crippen LogP contribution < -0.4 is 11.3 Å². The molecule has 3 rings (SSSR count). The lowest BCUT2D eigenvalue weighted by Gasteiger charge is -2.06. The Balaban J connectivity index is 2.12. The van der Waals surface area contributed by atoms with Gasteiger partial charge in [0.1, 0.15) is 5.52 Å². The lowest BCUT2D eigenvalue weighted by atomic mass is 10.2. The van der Waals surface area contributed by atoms with Crippen molar-refractivity contribution in [1.82, 2.24) is 20.2 Å². The molecule has 0 saturated heterocycles. The lowest BCUT2D eigenvalue weighted by Crippen LogP contribution is -2.30. The fraction of sp³-hybridized carbons (Fsp3) is 0.133. The van der Waals surface area contributed by atoms with E-state index in [9.17, 15) is 4.79 Å². The highest BCUT2D eigenvalue weighted by Gasteiger charge is 2.18. The van der Waals surface area contributed by atoms with Gasteiger partial charge in [-0.1, -0.05) is 29.3 Å². The average molecular weight is 350 g/mol. The molecule has 0 aliphatic heterocycles. The van der Waals surface area contributed by atoms with Crippen LogP contribution in [0.5, 0.6) is 0 Å². The van der Waals surface area contributed by atoms with Crippen molar-refractivity contribution in [3.8, 4) is 0 Å². The second-order valence-electron chi connectivity index (χ2n) is 5.04. The third-order valence-electron chi connectivity index (χ3n) is 3.42. The standard InChI is InChI=1S/C15H13Cl2N5O/c1-8-2-5-12-13(19-8)14(15(23)20-18)21-22(12)7-9-3-4-10(16)6-11(9)17/h2-6H,7,18H2,1H3,(H,20,23). The van der Waals surface area contributed by atoms with Crippen molar-refractivity contribution < 1.29 is 4.79 Å². The highest BCUT2D eigenvalue weighted by atomic mass is 35.5. The molecule has 3 aromatic rings. The van der Waals surface area contributed by atoms with Crippen LogP contribution in [0.15, 0.2) is 30.3 Å². The predicted molar refractivity (Wildman–Crippen MR) is 89.5 cm³/mol. The fourth-order valence-corrected chi connectivity index (χ4v) is 2.78. The van der Waals surface area contributed by atoms with E-state index in [0.717, 1.165) is 16.8 Å².